The summed E-state index contributed by atoms with van der Waals surface area (Å²) in [4.78, 5) is 20.6. The molecule has 166 valence electrons. The van der Waals surface area contributed by atoms with Crippen LogP contribution < -0.4 is 4.74 Å². The van der Waals surface area contributed by atoms with Gasteiger partial charge in [-0.05, 0) is 30.9 Å². The molecule has 3 saturated heterocycles. The van der Waals surface area contributed by atoms with Crippen LogP contribution in [0.2, 0.25) is 0 Å². The number of hydrogen-bond donors (Lipinski definition) is 0. The number of piperazine rings is 1. The Morgan fingerprint density at radius 3 is 2.47 bits per heavy atom. The lowest BCUT2D eigenvalue weighted by Crippen LogP contribution is -2.55. The molecule has 3 heterocycles. The van der Waals surface area contributed by atoms with E-state index in [-0.39, 0.29) is 12.1 Å². The van der Waals surface area contributed by atoms with E-state index in [0.29, 0.717) is 17.9 Å². The van der Waals surface area contributed by atoms with Crippen molar-refractivity contribution in [1.82, 2.24) is 14.7 Å². The Balaban J connectivity index is 1.41. The fourth-order valence-corrected chi connectivity index (χ4v) is 5.14. The van der Waals surface area contributed by atoms with Crippen LogP contribution in [0.15, 0.2) is 30.3 Å². The van der Waals surface area contributed by atoms with E-state index in [1.54, 1.807) is 0 Å². The van der Waals surface area contributed by atoms with E-state index in [1.165, 1.54) is 0 Å². The summed E-state index contributed by atoms with van der Waals surface area (Å²) in [5.41, 5.74) is 0. The van der Waals surface area contributed by atoms with Gasteiger partial charge in [0.05, 0.1) is 6.04 Å². The second-order valence-electron chi connectivity index (χ2n) is 9.36. The maximum Gasteiger partial charge on any atom is 0.240 e. The van der Waals surface area contributed by atoms with Crippen molar-refractivity contribution in [3.63, 3.8) is 0 Å². The van der Waals surface area contributed by atoms with Crippen molar-refractivity contribution < 1.29 is 14.3 Å². The standard InChI is InChI=1S/C24H37N3O3/c1-19(2)17-25-10-12-26(13-11-25)24(28)23-16-22(30-21-6-4-3-5-7-21)18-27(23)20-8-14-29-15-9-20/h3-7,19-20,22-23H,8-18H2,1-2H3/t22-,23-/m0/s1. The van der Waals surface area contributed by atoms with E-state index in [2.05, 4.69) is 28.5 Å². The summed E-state index contributed by atoms with van der Waals surface area (Å²) in [5.74, 6) is 1.86. The molecule has 1 aromatic rings. The summed E-state index contributed by atoms with van der Waals surface area (Å²) < 4.78 is 11.9. The molecule has 3 aliphatic heterocycles. The van der Waals surface area contributed by atoms with Gasteiger partial charge in [-0.25, -0.2) is 0 Å². The van der Waals surface area contributed by atoms with Gasteiger partial charge in [-0.2, -0.15) is 0 Å². The fraction of sp³-hybridized carbons (Fsp3) is 0.708. The Bertz CT molecular complexity index is 670. The van der Waals surface area contributed by atoms with Crippen molar-refractivity contribution in [3.8, 4) is 5.75 Å². The molecule has 0 unspecified atom stereocenters. The van der Waals surface area contributed by atoms with Gasteiger partial charge < -0.3 is 14.4 Å². The lowest BCUT2D eigenvalue weighted by Gasteiger charge is -2.40. The molecular weight excluding hydrogens is 378 g/mol. The molecule has 6 heteroatoms. The van der Waals surface area contributed by atoms with E-state index < -0.39 is 0 Å². The molecular formula is C24H37N3O3. The topological polar surface area (TPSA) is 45.2 Å². The molecule has 0 radical (unpaired) electrons. The number of hydrogen-bond acceptors (Lipinski definition) is 5. The zero-order chi connectivity index (χ0) is 20.9. The Hall–Kier alpha value is -1.63. The molecule has 3 fully saturated rings. The number of benzene rings is 1. The Labute approximate surface area is 181 Å². The average Bonchev–Trinajstić information content (AvgIpc) is 3.18. The number of rotatable bonds is 6. The third-order valence-corrected chi connectivity index (χ3v) is 6.60. The van der Waals surface area contributed by atoms with Crippen molar-refractivity contribution >= 4 is 5.91 Å². The summed E-state index contributed by atoms with van der Waals surface area (Å²) in [6.45, 7) is 11.7. The van der Waals surface area contributed by atoms with Gasteiger partial charge in [0.15, 0.2) is 0 Å². The van der Waals surface area contributed by atoms with Crippen LogP contribution in [-0.2, 0) is 9.53 Å². The van der Waals surface area contributed by atoms with Crippen LogP contribution in [0.3, 0.4) is 0 Å². The minimum absolute atomic E-state index is 0.0615. The maximum atomic E-state index is 13.6. The number of amides is 1. The van der Waals surface area contributed by atoms with Gasteiger partial charge in [-0.15, -0.1) is 0 Å². The number of ether oxygens (including phenoxy) is 2. The molecule has 0 bridgehead atoms. The van der Waals surface area contributed by atoms with E-state index in [9.17, 15) is 4.79 Å². The first-order valence-electron chi connectivity index (χ1n) is 11.7. The van der Waals surface area contributed by atoms with Crippen molar-refractivity contribution in [2.24, 2.45) is 5.92 Å². The summed E-state index contributed by atoms with van der Waals surface area (Å²) in [5, 5.41) is 0. The first-order chi connectivity index (χ1) is 14.6. The van der Waals surface area contributed by atoms with Gasteiger partial charge in [-0.3, -0.25) is 14.6 Å². The van der Waals surface area contributed by atoms with Gasteiger partial charge in [0, 0.05) is 64.9 Å². The number of likely N-dealkylation sites (tertiary alicyclic amines) is 1. The number of nitrogens with zero attached hydrogens (tertiary/aromatic N) is 3. The first kappa shape index (κ1) is 21.6. The Morgan fingerprint density at radius 1 is 1.10 bits per heavy atom. The van der Waals surface area contributed by atoms with Crippen LogP contribution in [-0.4, -0.2) is 91.3 Å². The van der Waals surface area contributed by atoms with Crippen LogP contribution in [0.1, 0.15) is 33.1 Å². The van der Waals surface area contributed by atoms with Crippen LogP contribution in [0.4, 0.5) is 0 Å². The molecule has 0 saturated carbocycles. The molecule has 1 amide bonds. The molecule has 0 spiro atoms. The largest absolute Gasteiger partial charge is 0.489 e. The van der Waals surface area contributed by atoms with Gasteiger partial charge in [0.25, 0.3) is 0 Å². The quantitative estimate of drug-likeness (QED) is 0.714. The summed E-state index contributed by atoms with van der Waals surface area (Å²) >= 11 is 0. The Kier molecular flexibility index (Phi) is 7.28. The van der Waals surface area contributed by atoms with Crippen molar-refractivity contribution in [2.45, 2.75) is 51.3 Å². The normalized spacial score (nSPS) is 27.0. The number of carbonyl (C=O) groups excluding carboxylic acids is 1. The van der Waals surface area contributed by atoms with Crippen LogP contribution in [0.5, 0.6) is 5.75 Å². The van der Waals surface area contributed by atoms with Gasteiger partial charge in [0.2, 0.25) is 5.91 Å². The Morgan fingerprint density at radius 2 is 1.80 bits per heavy atom. The van der Waals surface area contributed by atoms with Crippen molar-refractivity contribution in [3.05, 3.63) is 30.3 Å². The first-order valence-corrected chi connectivity index (χ1v) is 11.7. The third-order valence-electron chi connectivity index (χ3n) is 6.60. The molecule has 0 aliphatic carbocycles. The molecule has 30 heavy (non-hydrogen) atoms. The molecule has 0 aromatic heterocycles. The predicted molar refractivity (Wildman–Crippen MR) is 118 cm³/mol. The summed E-state index contributed by atoms with van der Waals surface area (Å²) in [7, 11) is 0. The van der Waals surface area contributed by atoms with Crippen molar-refractivity contribution in [2.75, 3.05) is 52.5 Å². The van der Waals surface area contributed by atoms with E-state index >= 15 is 0 Å². The minimum atomic E-state index is -0.0709. The highest BCUT2D eigenvalue weighted by Gasteiger charge is 2.43. The highest BCUT2D eigenvalue weighted by atomic mass is 16.5. The number of para-hydroxylation sites is 1. The highest BCUT2D eigenvalue weighted by molar-refractivity contribution is 5.82. The molecule has 4 rings (SSSR count). The summed E-state index contributed by atoms with van der Waals surface area (Å²) in [6.07, 6.45) is 2.84. The van der Waals surface area contributed by atoms with Crippen LogP contribution in [0, 0.1) is 5.92 Å². The lowest BCUT2D eigenvalue weighted by atomic mass is 10.0. The van der Waals surface area contributed by atoms with Crippen LogP contribution in [0.25, 0.3) is 0 Å². The fourth-order valence-electron chi connectivity index (χ4n) is 5.14. The zero-order valence-electron chi connectivity index (χ0n) is 18.5. The second-order valence-corrected chi connectivity index (χ2v) is 9.36. The average molecular weight is 416 g/mol. The molecule has 1 aromatic carbocycles. The molecule has 0 N–H and O–H groups in total. The zero-order valence-corrected chi connectivity index (χ0v) is 18.5. The molecule has 6 nitrogen and oxygen atoms in total. The van der Waals surface area contributed by atoms with Gasteiger partial charge in [0.1, 0.15) is 11.9 Å². The van der Waals surface area contributed by atoms with E-state index in [4.69, 9.17) is 9.47 Å². The third kappa shape index (κ3) is 5.34. The summed E-state index contributed by atoms with van der Waals surface area (Å²) in [6, 6.07) is 10.3. The van der Waals surface area contributed by atoms with Gasteiger partial charge in [-0.1, -0.05) is 32.0 Å². The lowest BCUT2D eigenvalue weighted by molar-refractivity contribution is -0.139. The van der Waals surface area contributed by atoms with E-state index in [0.717, 1.165) is 77.5 Å². The van der Waals surface area contributed by atoms with Crippen molar-refractivity contribution in [1.29, 1.82) is 0 Å². The smallest absolute Gasteiger partial charge is 0.240 e. The second kappa shape index (κ2) is 10.1. The molecule has 2 atom stereocenters. The number of carbonyl (C=O) groups is 1. The van der Waals surface area contributed by atoms with Gasteiger partial charge >= 0.3 is 0 Å². The highest BCUT2D eigenvalue weighted by Crippen LogP contribution is 2.29. The van der Waals surface area contributed by atoms with E-state index in [1.807, 2.05) is 30.3 Å². The minimum Gasteiger partial charge on any atom is -0.489 e. The monoisotopic (exact) mass is 415 g/mol. The SMILES string of the molecule is CC(C)CN1CCN(C(=O)[C@@H]2C[C@H](Oc3ccccc3)CN2C2CCOCC2)CC1. The predicted octanol–water partition coefficient (Wildman–Crippen LogP) is 2.49. The maximum absolute atomic E-state index is 13.6. The van der Waals surface area contributed by atoms with Crippen LogP contribution >= 0.6 is 0 Å². The molecule has 3 aliphatic rings.